The van der Waals surface area contributed by atoms with E-state index in [9.17, 15) is 14.7 Å². The zero-order valence-electron chi connectivity index (χ0n) is 15.0. The van der Waals surface area contributed by atoms with E-state index >= 15 is 0 Å². The third kappa shape index (κ3) is 5.56. The van der Waals surface area contributed by atoms with Crippen molar-refractivity contribution < 1.29 is 24.2 Å². The van der Waals surface area contributed by atoms with Gasteiger partial charge in [-0.15, -0.1) is 0 Å². The third-order valence-corrected chi connectivity index (χ3v) is 4.46. The van der Waals surface area contributed by atoms with Gasteiger partial charge in [0.1, 0.15) is 18.4 Å². The number of carbonyl (C=O) groups excluding carboxylic acids is 1. The van der Waals surface area contributed by atoms with Crippen molar-refractivity contribution in [3.63, 3.8) is 0 Å². The predicted octanol–water partition coefficient (Wildman–Crippen LogP) is 2.67. The average molecular weight is 369 g/mol. The molecule has 0 spiro atoms. The lowest BCUT2D eigenvalue weighted by Crippen LogP contribution is -2.42. The predicted molar refractivity (Wildman–Crippen MR) is 99.9 cm³/mol. The Morgan fingerprint density at radius 2 is 1.89 bits per heavy atom. The van der Waals surface area contributed by atoms with E-state index < -0.39 is 17.9 Å². The van der Waals surface area contributed by atoms with Crippen molar-refractivity contribution in [2.75, 3.05) is 13.2 Å². The Labute approximate surface area is 158 Å². The summed E-state index contributed by atoms with van der Waals surface area (Å²) in [6.45, 7) is 1.27. The molecule has 6 nitrogen and oxygen atoms in total. The number of aliphatic carboxylic acids is 1. The van der Waals surface area contributed by atoms with Gasteiger partial charge in [-0.3, -0.25) is 4.79 Å². The topological polar surface area (TPSA) is 84.9 Å². The van der Waals surface area contributed by atoms with Gasteiger partial charge in [0.05, 0.1) is 6.10 Å². The number of benzene rings is 2. The van der Waals surface area contributed by atoms with E-state index in [1.165, 1.54) is 0 Å². The molecule has 142 valence electrons. The lowest BCUT2D eigenvalue weighted by Gasteiger charge is -2.15. The first-order chi connectivity index (χ1) is 13.1. The molecular formula is C21H23NO5. The van der Waals surface area contributed by atoms with Gasteiger partial charge in [-0.2, -0.15) is 0 Å². The number of amides is 1. The lowest BCUT2D eigenvalue weighted by molar-refractivity contribution is -0.139. The molecule has 1 heterocycles. The molecule has 1 fully saturated rings. The largest absolute Gasteiger partial charge is 0.491 e. The molecule has 2 aromatic carbocycles. The zero-order chi connectivity index (χ0) is 19.1. The smallest absolute Gasteiger partial charge is 0.326 e. The summed E-state index contributed by atoms with van der Waals surface area (Å²) in [4.78, 5) is 23.9. The number of hydrogen-bond donors (Lipinski definition) is 2. The van der Waals surface area contributed by atoms with Gasteiger partial charge >= 0.3 is 5.97 Å². The first kappa shape index (κ1) is 18.9. The van der Waals surface area contributed by atoms with Crippen LogP contribution in [0.5, 0.6) is 5.75 Å². The van der Waals surface area contributed by atoms with Crippen molar-refractivity contribution in [2.45, 2.75) is 31.4 Å². The standard InChI is InChI=1S/C21H23NO5/c23-20(22-19(21(24)25)13-15-5-2-1-3-6-15)16-8-10-17(11-9-16)27-14-18-7-4-12-26-18/h1-3,5-6,8-11,18-19H,4,7,12-14H2,(H,22,23)(H,24,25)/t18?,19-/m0/s1. The van der Waals surface area contributed by atoms with Crippen LogP contribution in [-0.4, -0.2) is 42.3 Å². The molecule has 0 aromatic heterocycles. The van der Waals surface area contributed by atoms with Crippen molar-refractivity contribution in [2.24, 2.45) is 0 Å². The monoisotopic (exact) mass is 369 g/mol. The van der Waals surface area contributed by atoms with Crippen LogP contribution in [0.3, 0.4) is 0 Å². The summed E-state index contributed by atoms with van der Waals surface area (Å²) in [6.07, 6.45) is 2.41. The van der Waals surface area contributed by atoms with Crippen LogP contribution in [0.2, 0.25) is 0 Å². The van der Waals surface area contributed by atoms with E-state index in [4.69, 9.17) is 9.47 Å². The summed E-state index contributed by atoms with van der Waals surface area (Å²) in [5.74, 6) is -0.839. The first-order valence-corrected chi connectivity index (χ1v) is 9.04. The zero-order valence-corrected chi connectivity index (χ0v) is 15.0. The molecular weight excluding hydrogens is 346 g/mol. The number of hydrogen-bond acceptors (Lipinski definition) is 4. The number of carbonyl (C=O) groups is 2. The molecule has 1 aliphatic rings. The van der Waals surface area contributed by atoms with E-state index in [2.05, 4.69) is 5.32 Å². The molecule has 2 atom stereocenters. The van der Waals surface area contributed by atoms with Crippen molar-refractivity contribution in [3.8, 4) is 5.75 Å². The minimum Gasteiger partial charge on any atom is -0.491 e. The summed E-state index contributed by atoms with van der Waals surface area (Å²) in [7, 11) is 0. The summed E-state index contributed by atoms with van der Waals surface area (Å²) in [5, 5.41) is 12.0. The fraction of sp³-hybridized carbons (Fsp3) is 0.333. The Morgan fingerprint density at radius 3 is 2.52 bits per heavy atom. The van der Waals surface area contributed by atoms with E-state index in [0.29, 0.717) is 17.9 Å². The second kappa shape index (κ2) is 9.19. The molecule has 1 amide bonds. The van der Waals surface area contributed by atoms with E-state index in [1.54, 1.807) is 24.3 Å². The first-order valence-electron chi connectivity index (χ1n) is 9.04. The number of carboxylic acid groups (broad SMARTS) is 1. The van der Waals surface area contributed by atoms with Gasteiger partial charge in [0.2, 0.25) is 0 Å². The normalized spacial score (nSPS) is 17.3. The minimum absolute atomic E-state index is 0.127. The van der Waals surface area contributed by atoms with Crippen LogP contribution in [0.15, 0.2) is 54.6 Å². The molecule has 1 saturated heterocycles. The molecule has 3 rings (SSSR count). The maximum absolute atomic E-state index is 12.4. The molecule has 2 N–H and O–H groups in total. The van der Waals surface area contributed by atoms with Crippen LogP contribution in [0.25, 0.3) is 0 Å². The Kier molecular flexibility index (Phi) is 6.44. The average Bonchev–Trinajstić information content (AvgIpc) is 3.20. The Balaban J connectivity index is 1.56. The quantitative estimate of drug-likeness (QED) is 0.747. The van der Waals surface area contributed by atoms with Crippen LogP contribution >= 0.6 is 0 Å². The second-order valence-electron chi connectivity index (χ2n) is 6.52. The highest BCUT2D eigenvalue weighted by atomic mass is 16.5. The molecule has 0 bridgehead atoms. The van der Waals surface area contributed by atoms with E-state index in [1.807, 2.05) is 30.3 Å². The van der Waals surface area contributed by atoms with Gasteiger partial charge < -0.3 is 19.9 Å². The number of ether oxygens (including phenoxy) is 2. The van der Waals surface area contributed by atoms with Crippen LogP contribution in [-0.2, 0) is 16.0 Å². The minimum atomic E-state index is -1.07. The highest BCUT2D eigenvalue weighted by molar-refractivity contribution is 5.96. The fourth-order valence-corrected chi connectivity index (χ4v) is 2.96. The van der Waals surface area contributed by atoms with Gasteiger partial charge in [0, 0.05) is 18.6 Å². The molecule has 1 aliphatic heterocycles. The summed E-state index contributed by atoms with van der Waals surface area (Å²) in [6, 6.07) is 14.9. The maximum Gasteiger partial charge on any atom is 0.326 e. The molecule has 1 unspecified atom stereocenters. The van der Waals surface area contributed by atoms with E-state index in [-0.39, 0.29) is 12.5 Å². The Hall–Kier alpha value is -2.86. The van der Waals surface area contributed by atoms with Crippen molar-refractivity contribution in [1.29, 1.82) is 0 Å². The highest BCUT2D eigenvalue weighted by Crippen LogP contribution is 2.17. The SMILES string of the molecule is O=C(N[C@@H](Cc1ccccc1)C(=O)O)c1ccc(OCC2CCCO2)cc1. The van der Waals surface area contributed by atoms with Crippen molar-refractivity contribution in [3.05, 3.63) is 65.7 Å². The summed E-state index contributed by atoms with van der Waals surface area (Å²) < 4.78 is 11.2. The van der Waals surface area contributed by atoms with Crippen LogP contribution < -0.4 is 10.1 Å². The van der Waals surface area contributed by atoms with Gasteiger partial charge in [0.15, 0.2) is 0 Å². The molecule has 0 radical (unpaired) electrons. The fourth-order valence-electron chi connectivity index (χ4n) is 2.96. The number of rotatable bonds is 8. The molecule has 0 saturated carbocycles. The maximum atomic E-state index is 12.4. The Bertz CT molecular complexity index is 754. The second-order valence-corrected chi connectivity index (χ2v) is 6.52. The molecule has 2 aromatic rings. The van der Waals surface area contributed by atoms with E-state index in [0.717, 1.165) is 25.0 Å². The van der Waals surface area contributed by atoms with Crippen LogP contribution in [0.1, 0.15) is 28.8 Å². The van der Waals surface area contributed by atoms with Crippen LogP contribution in [0, 0.1) is 0 Å². The number of nitrogens with one attached hydrogen (secondary N) is 1. The van der Waals surface area contributed by atoms with Gasteiger partial charge in [-0.05, 0) is 42.7 Å². The molecule has 0 aliphatic carbocycles. The number of carboxylic acids is 1. The molecule has 6 heteroatoms. The van der Waals surface area contributed by atoms with Crippen molar-refractivity contribution in [1.82, 2.24) is 5.32 Å². The highest BCUT2D eigenvalue weighted by Gasteiger charge is 2.21. The lowest BCUT2D eigenvalue weighted by atomic mass is 10.1. The van der Waals surface area contributed by atoms with Crippen molar-refractivity contribution >= 4 is 11.9 Å². The van der Waals surface area contributed by atoms with Gasteiger partial charge in [0.25, 0.3) is 5.91 Å². The Morgan fingerprint density at radius 1 is 1.15 bits per heavy atom. The molecule has 27 heavy (non-hydrogen) atoms. The third-order valence-electron chi connectivity index (χ3n) is 4.46. The summed E-state index contributed by atoms with van der Waals surface area (Å²) in [5.41, 5.74) is 1.24. The van der Waals surface area contributed by atoms with Gasteiger partial charge in [-0.1, -0.05) is 30.3 Å². The summed E-state index contributed by atoms with van der Waals surface area (Å²) >= 11 is 0. The van der Waals surface area contributed by atoms with Gasteiger partial charge in [-0.25, -0.2) is 4.79 Å². The van der Waals surface area contributed by atoms with Crippen LogP contribution in [0.4, 0.5) is 0 Å².